The van der Waals surface area contributed by atoms with Gasteiger partial charge in [0, 0.05) is 22.1 Å². The third kappa shape index (κ3) is 3.73. The summed E-state index contributed by atoms with van der Waals surface area (Å²) in [4.78, 5) is 13.6. The van der Waals surface area contributed by atoms with Gasteiger partial charge in [0.25, 0.3) is 5.92 Å². The van der Waals surface area contributed by atoms with Crippen molar-refractivity contribution in [3.63, 3.8) is 0 Å². The lowest BCUT2D eigenvalue weighted by atomic mass is 9.95. The number of hydrogen-bond donors (Lipinski definition) is 1. The van der Waals surface area contributed by atoms with Crippen LogP contribution in [-0.2, 0) is 11.2 Å². The van der Waals surface area contributed by atoms with Crippen molar-refractivity contribution in [1.82, 2.24) is 4.90 Å². The molecule has 1 amide bonds. The number of benzene rings is 2. The zero-order chi connectivity index (χ0) is 20.9. The molecule has 0 unspecified atom stereocenters. The second kappa shape index (κ2) is 7.29. The molecule has 2 aromatic rings. The molecule has 2 aliphatic rings. The Morgan fingerprint density at radius 1 is 1.17 bits per heavy atom. The normalized spacial score (nSPS) is 23.4. The number of alkyl halides is 2. The molecule has 1 saturated heterocycles. The van der Waals surface area contributed by atoms with E-state index in [-0.39, 0.29) is 40.0 Å². The number of likely N-dealkylation sites (tertiary alicyclic amines) is 1. The van der Waals surface area contributed by atoms with Crippen LogP contribution in [0.3, 0.4) is 0 Å². The number of halogens is 5. The predicted molar refractivity (Wildman–Crippen MR) is 102 cm³/mol. The standard InChI is InChI=1S/C21H19ClF4N2O/c22-13-6-7-16(23)15(9-13)14-3-1-2-12(18(14)24)8-17-19(27)21(25,26)10-28(17)20(29)11-4-5-11/h1-3,6-7,9,11,17,19H,4-5,8,10,27H2/t17-,19+/m0/s1. The van der Waals surface area contributed by atoms with Gasteiger partial charge in [-0.3, -0.25) is 4.79 Å². The fraction of sp³-hybridized carbons (Fsp3) is 0.381. The Hall–Kier alpha value is -2.12. The zero-order valence-electron chi connectivity index (χ0n) is 15.3. The van der Waals surface area contributed by atoms with E-state index in [1.165, 1.54) is 30.3 Å². The van der Waals surface area contributed by atoms with E-state index in [2.05, 4.69) is 0 Å². The Bertz CT molecular complexity index is 964. The Morgan fingerprint density at radius 2 is 1.90 bits per heavy atom. The largest absolute Gasteiger partial charge is 0.331 e. The van der Waals surface area contributed by atoms with Crippen molar-refractivity contribution >= 4 is 17.5 Å². The maximum Gasteiger partial charge on any atom is 0.282 e. The minimum Gasteiger partial charge on any atom is -0.331 e. The van der Waals surface area contributed by atoms with Gasteiger partial charge in [0.15, 0.2) is 0 Å². The smallest absolute Gasteiger partial charge is 0.282 e. The van der Waals surface area contributed by atoms with Crippen LogP contribution in [-0.4, -0.2) is 35.4 Å². The number of rotatable bonds is 4. The highest BCUT2D eigenvalue weighted by Gasteiger charge is 2.55. The average Bonchev–Trinajstić information content (AvgIpc) is 3.49. The van der Waals surface area contributed by atoms with Crippen molar-refractivity contribution in [3.8, 4) is 11.1 Å². The van der Waals surface area contributed by atoms with Crippen LogP contribution < -0.4 is 5.73 Å². The molecule has 1 heterocycles. The highest BCUT2D eigenvalue weighted by atomic mass is 35.5. The van der Waals surface area contributed by atoms with Crippen LogP contribution in [0.1, 0.15) is 18.4 Å². The van der Waals surface area contributed by atoms with Crippen LogP contribution in [0.25, 0.3) is 11.1 Å². The number of amides is 1. The van der Waals surface area contributed by atoms with E-state index in [0.717, 1.165) is 11.0 Å². The number of carbonyl (C=O) groups excluding carboxylic acids is 1. The molecule has 154 valence electrons. The average molecular weight is 427 g/mol. The highest BCUT2D eigenvalue weighted by molar-refractivity contribution is 6.30. The number of nitrogens with zero attached hydrogens (tertiary/aromatic N) is 1. The predicted octanol–water partition coefficient (Wildman–Crippen LogP) is 4.41. The summed E-state index contributed by atoms with van der Waals surface area (Å²) >= 11 is 5.90. The summed E-state index contributed by atoms with van der Waals surface area (Å²) in [7, 11) is 0. The topological polar surface area (TPSA) is 46.3 Å². The first kappa shape index (κ1) is 20.2. The van der Waals surface area contributed by atoms with Crippen molar-refractivity contribution < 1.29 is 22.4 Å². The van der Waals surface area contributed by atoms with Crippen LogP contribution in [0.5, 0.6) is 0 Å². The van der Waals surface area contributed by atoms with Crippen molar-refractivity contribution in [2.24, 2.45) is 11.7 Å². The highest BCUT2D eigenvalue weighted by Crippen LogP contribution is 2.39. The SMILES string of the molecule is N[C@@H]1[C@H](Cc2cccc(-c3cc(Cl)ccc3F)c2F)N(C(=O)C2CC2)CC1(F)F. The summed E-state index contributed by atoms with van der Waals surface area (Å²) in [5.41, 5.74) is 5.79. The number of hydrogen-bond acceptors (Lipinski definition) is 2. The molecule has 2 atom stereocenters. The van der Waals surface area contributed by atoms with Crippen LogP contribution >= 0.6 is 11.6 Å². The maximum absolute atomic E-state index is 15.2. The molecule has 3 nitrogen and oxygen atoms in total. The van der Waals surface area contributed by atoms with Gasteiger partial charge in [0.2, 0.25) is 5.91 Å². The summed E-state index contributed by atoms with van der Waals surface area (Å²) in [5.74, 6) is -5.26. The molecule has 1 aliphatic heterocycles. The van der Waals surface area contributed by atoms with Crippen molar-refractivity contribution in [3.05, 3.63) is 58.6 Å². The van der Waals surface area contributed by atoms with Gasteiger partial charge in [0.1, 0.15) is 11.6 Å². The Balaban J connectivity index is 1.68. The molecule has 2 N–H and O–H groups in total. The summed E-state index contributed by atoms with van der Waals surface area (Å²) in [6, 6.07) is 5.49. The molecule has 2 fully saturated rings. The van der Waals surface area contributed by atoms with E-state index in [0.29, 0.717) is 12.8 Å². The van der Waals surface area contributed by atoms with Crippen molar-refractivity contribution in [2.75, 3.05) is 6.54 Å². The minimum atomic E-state index is -3.25. The van der Waals surface area contributed by atoms with E-state index in [1.54, 1.807) is 0 Å². The first-order valence-electron chi connectivity index (χ1n) is 9.35. The van der Waals surface area contributed by atoms with Gasteiger partial charge in [-0.1, -0.05) is 29.8 Å². The van der Waals surface area contributed by atoms with Crippen LogP contribution in [0.15, 0.2) is 36.4 Å². The molecule has 0 radical (unpaired) electrons. The Morgan fingerprint density at radius 3 is 2.59 bits per heavy atom. The molecule has 0 aromatic heterocycles. The molecule has 2 aromatic carbocycles. The summed E-state index contributed by atoms with van der Waals surface area (Å²) < 4.78 is 57.9. The van der Waals surface area contributed by atoms with Gasteiger partial charge in [-0.2, -0.15) is 0 Å². The van der Waals surface area contributed by atoms with Gasteiger partial charge < -0.3 is 10.6 Å². The van der Waals surface area contributed by atoms with E-state index in [9.17, 15) is 18.0 Å². The van der Waals surface area contributed by atoms with Gasteiger partial charge in [0.05, 0.1) is 18.6 Å². The summed E-state index contributed by atoms with van der Waals surface area (Å²) in [6.45, 7) is -0.765. The third-order valence-corrected chi connectivity index (χ3v) is 5.85. The van der Waals surface area contributed by atoms with Gasteiger partial charge >= 0.3 is 0 Å². The first-order valence-corrected chi connectivity index (χ1v) is 9.73. The first-order chi connectivity index (χ1) is 13.7. The van der Waals surface area contributed by atoms with E-state index in [1.807, 2.05) is 0 Å². The fourth-order valence-electron chi connectivity index (χ4n) is 3.84. The van der Waals surface area contributed by atoms with Crippen LogP contribution in [0.4, 0.5) is 17.6 Å². The lowest BCUT2D eigenvalue weighted by Gasteiger charge is -2.26. The maximum atomic E-state index is 15.2. The number of nitrogens with two attached hydrogens (primary N) is 1. The second-order valence-corrected chi connectivity index (χ2v) is 8.14. The quantitative estimate of drug-likeness (QED) is 0.736. The lowest BCUT2D eigenvalue weighted by Crippen LogP contribution is -2.47. The minimum absolute atomic E-state index is 0.0242. The summed E-state index contributed by atoms with van der Waals surface area (Å²) in [6.07, 6.45) is 1.15. The Kier molecular flexibility index (Phi) is 5.07. The zero-order valence-corrected chi connectivity index (χ0v) is 16.1. The monoisotopic (exact) mass is 426 g/mol. The van der Waals surface area contributed by atoms with Gasteiger partial charge in [-0.25, -0.2) is 17.6 Å². The number of carbonyl (C=O) groups is 1. The summed E-state index contributed by atoms with van der Waals surface area (Å²) in [5, 5.41) is 0.241. The van der Waals surface area contributed by atoms with Gasteiger partial charge in [-0.15, -0.1) is 0 Å². The molecule has 4 rings (SSSR count). The van der Waals surface area contributed by atoms with E-state index < -0.39 is 36.2 Å². The fourth-order valence-corrected chi connectivity index (χ4v) is 4.02. The molecule has 8 heteroatoms. The van der Waals surface area contributed by atoms with Gasteiger partial charge in [-0.05, 0) is 43.0 Å². The van der Waals surface area contributed by atoms with Crippen molar-refractivity contribution in [1.29, 1.82) is 0 Å². The molecular weight excluding hydrogens is 408 g/mol. The molecule has 1 saturated carbocycles. The third-order valence-electron chi connectivity index (χ3n) is 5.62. The molecule has 0 spiro atoms. The Labute approximate surface area is 170 Å². The van der Waals surface area contributed by atoms with Crippen LogP contribution in [0.2, 0.25) is 5.02 Å². The van der Waals surface area contributed by atoms with E-state index in [4.69, 9.17) is 17.3 Å². The molecule has 29 heavy (non-hydrogen) atoms. The lowest BCUT2D eigenvalue weighted by molar-refractivity contribution is -0.134. The van der Waals surface area contributed by atoms with Crippen molar-refractivity contribution in [2.45, 2.75) is 37.3 Å². The molecule has 0 bridgehead atoms. The van der Waals surface area contributed by atoms with E-state index >= 15 is 4.39 Å². The molecular formula is C21H19ClF4N2O. The van der Waals surface area contributed by atoms with Crippen LogP contribution in [0, 0.1) is 17.6 Å². The molecule has 1 aliphatic carbocycles. The second-order valence-electron chi connectivity index (χ2n) is 7.70.